The van der Waals surface area contributed by atoms with Gasteiger partial charge in [-0.1, -0.05) is 30.3 Å². The van der Waals surface area contributed by atoms with Crippen molar-refractivity contribution in [2.24, 2.45) is 0 Å². The van der Waals surface area contributed by atoms with Gasteiger partial charge in [-0.15, -0.1) is 11.3 Å². The van der Waals surface area contributed by atoms with E-state index in [9.17, 15) is 18.0 Å². The van der Waals surface area contributed by atoms with Crippen molar-refractivity contribution >= 4 is 61.5 Å². The van der Waals surface area contributed by atoms with Gasteiger partial charge in [-0.25, -0.2) is 22.5 Å². The highest BCUT2D eigenvalue weighted by atomic mass is 32.2. The van der Waals surface area contributed by atoms with Crippen LogP contribution in [0, 0.1) is 0 Å². The molecule has 0 fully saturated rings. The van der Waals surface area contributed by atoms with Gasteiger partial charge in [0.25, 0.3) is 5.91 Å². The van der Waals surface area contributed by atoms with E-state index < -0.39 is 28.5 Å². The highest BCUT2D eigenvalue weighted by molar-refractivity contribution is 7.89. The third-order valence-electron chi connectivity index (χ3n) is 6.46. The van der Waals surface area contributed by atoms with Crippen LogP contribution < -0.4 is 5.32 Å². The highest BCUT2D eigenvalue weighted by Gasteiger charge is 2.26. The molecule has 0 saturated carbocycles. The lowest BCUT2D eigenvalue weighted by atomic mass is 9.86. The lowest BCUT2D eigenvalue weighted by molar-refractivity contribution is -0.119. The minimum atomic E-state index is -3.66. The third kappa shape index (κ3) is 5.63. The fraction of sp³-hybridized carbons (Fsp3) is 0.207. The molecule has 0 unspecified atom stereocenters. The smallest absolute Gasteiger partial charge is 0.339 e. The van der Waals surface area contributed by atoms with Crippen LogP contribution in [-0.2, 0) is 26.0 Å². The molecule has 0 spiro atoms. The molecular formula is C29H27N3O5S2. The number of amides is 1. The van der Waals surface area contributed by atoms with Gasteiger partial charge in [-0.2, -0.15) is 0 Å². The Morgan fingerprint density at radius 1 is 1.08 bits per heavy atom. The summed E-state index contributed by atoms with van der Waals surface area (Å²) in [6.45, 7) is -0.521. The monoisotopic (exact) mass is 561 g/mol. The minimum absolute atomic E-state index is 0.0450. The van der Waals surface area contributed by atoms with E-state index in [0.29, 0.717) is 22.9 Å². The van der Waals surface area contributed by atoms with Crippen LogP contribution in [0.25, 0.3) is 22.6 Å². The summed E-state index contributed by atoms with van der Waals surface area (Å²) >= 11 is 1.64. The molecule has 5 rings (SSSR count). The minimum Gasteiger partial charge on any atom is -0.452 e. The molecule has 0 saturated heterocycles. The molecule has 1 aliphatic carbocycles. The zero-order valence-corrected chi connectivity index (χ0v) is 23.1. The summed E-state index contributed by atoms with van der Waals surface area (Å²) in [5, 5.41) is 5.32. The Hall–Kier alpha value is -3.86. The number of thiophene rings is 1. The number of rotatable bonds is 7. The van der Waals surface area contributed by atoms with E-state index in [4.69, 9.17) is 9.72 Å². The summed E-state index contributed by atoms with van der Waals surface area (Å²) < 4.78 is 31.4. The number of esters is 1. The molecule has 0 bridgehead atoms. The first-order valence-electron chi connectivity index (χ1n) is 12.4. The molecule has 0 atom stereocenters. The number of fused-ring (bicyclic) bond motifs is 2. The molecular weight excluding hydrogens is 534 g/mol. The predicted octanol–water partition coefficient (Wildman–Crippen LogP) is 5.22. The molecule has 2 heterocycles. The van der Waals surface area contributed by atoms with Crippen molar-refractivity contribution in [2.45, 2.75) is 24.2 Å². The van der Waals surface area contributed by atoms with Crippen molar-refractivity contribution in [3.05, 3.63) is 87.7 Å². The summed E-state index contributed by atoms with van der Waals surface area (Å²) in [5.41, 5.74) is 4.10. The molecule has 0 radical (unpaired) electrons. The Bertz CT molecular complexity index is 1690. The van der Waals surface area contributed by atoms with Gasteiger partial charge in [0, 0.05) is 30.0 Å². The second-order valence-corrected chi connectivity index (χ2v) is 12.4. The summed E-state index contributed by atoms with van der Waals surface area (Å²) in [6.07, 6.45) is 4.53. The van der Waals surface area contributed by atoms with Gasteiger partial charge >= 0.3 is 5.97 Å². The standard InChI is InChI=1S/C29H27N3O5S2/c1-32(2)39(35,36)22-11-6-9-20(17-22)30-26(33)18-37-29(34)27-23-12-3-4-14-25(23)31-28-19(8-5-13-24(27)28)16-21-10-7-15-38-21/h3-4,6-7,9-12,14-17H,5,8,13,18H2,1-2H3,(H,30,33). The topological polar surface area (TPSA) is 106 Å². The van der Waals surface area contributed by atoms with Gasteiger partial charge in [0.05, 0.1) is 21.7 Å². The number of para-hydroxylation sites is 1. The van der Waals surface area contributed by atoms with Crippen molar-refractivity contribution < 1.29 is 22.7 Å². The van der Waals surface area contributed by atoms with E-state index >= 15 is 0 Å². The molecule has 39 heavy (non-hydrogen) atoms. The summed E-state index contributed by atoms with van der Waals surface area (Å²) in [4.78, 5) is 32.2. The number of carbonyl (C=O) groups is 2. The SMILES string of the molecule is CN(C)S(=O)(=O)c1cccc(NC(=O)COC(=O)c2c3c(nc4ccccc24)C(=Cc2cccs2)CCC3)c1. The van der Waals surface area contributed by atoms with Gasteiger partial charge in [0.15, 0.2) is 6.61 Å². The van der Waals surface area contributed by atoms with Gasteiger partial charge in [0.1, 0.15) is 0 Å². The predicted molar refractivity (Wildman–Crippen MR) is 153 cm³/mol. The number of carbonyl (C=O) groups excluding carboxylic acids is 2. The summed E-state index contributed by atoms with van der Waals surface area (Å²) in [5.74, 6) is -1.17. The maximum Gasteiger partial charge on any atom is 0.339 e. The van der Waals surface area contributed by atoms with Crippen molar-refractivity contribution in [3.8, 4) is 0 Å². The summed E-state index contributed by atoms with van der Waals surface area (Å²) in [7, 11) is -0.795. The number of hydrogen-bond acceptors (Lipinski definition) is 7. The largest absolute Gasteiger partial charge is 0.452 e. The van der Waals surface area contributed by atoms with E-state index in [0.717, 1.165) is 38.9 Å². The Morgan fingerprint density at radius 2 is 1.90 bits per heavy atom. The van der Waals surface area contributed by atoms with Crippen LogP contribution in [0.2, 0.25) is 0 Å². The Kier molecular flexibility index (Phi) is 7.60. The lowest BCUT2D eigenvalue weighted by Crippen LogP contribution is -2.24. The molecule has 0 aliphatic heterocycles. The van der Waals surface area contributed by atoms with Crippen LogP contribution >= 0.6 is 11.3 Å². The third-order valence-corrected chi connectivity index (χ3v) is 9.10. The number of allylic oxidation sites excluding steroid dienone is 1. The van der Waals surface area contributed by atoms with Crippen LogP contribution in [0.3, 0.4) is 0 Å². The molecule has 1 aliphatic rings. The number of hydrogen-bond donors (Lipinski definition) is 1. The number of nitrogens with zero attached hydrogens (tertiary/aromatic N) is 2. The molecule has 4 aromatic rings. The van der Waals surface area contributed by atoms with E-state index in [1.165, 1.54) is 32.3 Å². The maximum atomic E-state index is 13.4. The first-order chi connectivity index (χ1) is 18.7. The lowest BCUT2D eigenvalue weighted by Gasteiger charge is -2.22. The highest BCUT2D eigenvalue weighted by Crippen LogP contribution is 2.36. The average Bonchev–Trinajstić information content (AvgIpc) is 3.44. The van der Waals surface area contributed by atoms with Gasteiger partial charge in [0.2, 0.25) is 10.0 Å². The van der Waals surface area contributed by atoms with Crippen molar-refractivity contribution in [3.63, 3.8) is 0 Å². The van der Waals surface area contributed by atoms with Crippen LogP contribution in [-0.4, -0.2) is 50.3 Å². The fourth-order valence-electron chi connectivity index (χ4n) is 4.60. The number of anilines is 1. The molecule has 1 amide bonds. The molecule has 8 nitrogen and oxygen atoms in total. The molecule has 200 valence electrons. The Morgan fingerprint density at radius 3 is 2.67 bits per heavy atom. The van der Waals surface area contributed by atoms with E-state index in [1.807, 2.05) is 41.8 Å². The van der Waals surface area contributed by atoms with Crippen molar-refractivity contribution in [1.29, 1.82) is 0 Å². The quantitative estimate of drug-likeness (QED) is 0.310. The second kappa shape index (κ2) is 11.1. The normalized spacial score (nSPS) is 14.4. The number of nitrogens with one attached hydrogen (secondary N) is 1. The van der Waals surface area contributed by atoms with Crippen LogP contribution in [0.15, 0.2) is 70.9 Å². The van der Waals surface area contributed by atoms with Crippen LogP contribution in [0.5, 0.6) is 0 Å². The van der Waals surface area contributed by atoms with Gasteiger partial charge in [-0.05, 0) is 72.2 Å². The van der Waals surface area contributed by atoms with E-state index in [2.05, 4.69) is 11.4 Å². The number of ether oxygens (including phenoxy) is 1. The first kappa shape index (κ1) is 26.7. The fourth-order valence-corrected chi connectivity index (χ4v) is 6.23. The average molecular weight is 562 g/mol. The number of aromatic nitrogens is 1. The van der Waals surface area contributed by atoms with Crippen LogP contribution in [0.1, 0.15) is 39.3 Å². The van der Waals surface area contributed by atoms with E-state index in [-0.39, 0.29) is 10.6 Å². The molecule has 1 N–H and O–H groups in total. The summed E-state index contributed by atoms with van der Waals surface area (Å²) in [6, 6.07) is 17.4. The zero-order valence-electron chi connectivity index (χ0n) is 21.5. The van der Waals surface area contributed by atoms with Crippen molar-refractivity contribution in [2.75, 3.05) is 26.0 Å². The maximum absolute atomic E-state index is 13.4. The number of pyridine rings is 1. The Labute approximate surface area is 231 Å². The van der Waals surface area contributed by atoms with Crippen molar-refractivity contribution in [1.82, 2.24) is 9.29 Å². The first-order valence-corrected chi connectivity index (χ1v) is 14.7. The number of benzene rings is 2. The zero-order chi connectivity index (χ0) is 27.6. The molecule has 2 aromatic carbocycles. The van der Waals surface area contributed by atoms with Crippen LogP contribution in [0.4, 0.5) is 5.69 Å². The van der Waals surface area contributed by atoms with E-state index in [1.54, 1.807) is 17.4 Å². The second-order valence-electron chi connectivity index (χ2n) is 9.31. The van der Waals surface area contributed by atoms with Gasteiger partial charge in [-0.3, -0.25) is 4.79 Å². The molecule has 2 aromatic heterocycles. The molecule has 10 heteroatoms. The van der Waals surface area contributed by atoms with Gasteiger partial charge < -0.3 is 10.1 Å². The number of sulfonamides is 1. The Balaban J connectivity index is 1.39.